The molecule has 4 rings (SSSR count). The molecule has 2 heterocycles. The summed E-state index contributed by atoms with van der Waals surface area (Å²) in [5.74, 6) is -0.125. The first-order valence-electron chi connectivity index (χ1n) is 10.0. The number of aromatic nitrogens is 3. The summed E-state index contributed by atoms with van der Waals surface area (Å²) in [5.41, 5.74) is 6.92. The number of thiazole rings is 1. The Kier molecular flexibility index (Phi) is 6.20. The second-order valence-corrected chi connectivity index (χ2v) is 8.80. The number of rotatable bonds is 6. The van der Waals surface area contributed by atoms with E-state index < -0.39 is 0 Å². The van der Waals surface area contributed by atoms with Gasteiger partial charge in [0.25, 0.3) is 0 Å². The highest BCUT2D eigenvalue weighted by Crippen LogP contribution is 2.24. The molecule has 0 spiro atoms. The van der Waals surface area contributed by atoms with Crippen LogP contribution in [0.25, 0.3) is 5.13 Å². The highest BCUT2D eigenvalue weighted by molar-refractivity contribution is 7.12. The first-order chi connectivity index (χ1) is 14.9. The maximum absolute atomic E-state index is 12.5. The van der Waals surface area contributed by atoms with Gasteiger partial charge in [0, 0.05) is 33.8 Å². The summed E-state index contributed by atoms with van der Waals surface area (Å²) in [5, 5.41) is 10.9. The molecule has 2 aromatic carbocycles. The van der Waals surface area contributed by atoms with E-state index in [4.69, 9.17) is 16.7 Å². The van der Waals surface area contributed by atoms with Crippen LogP contribution in [0.2, 0.25) is 5.02 Å². The van der Waals surface area contributed by atoms with Crippen molar-refractivity contribution in [2.75, 3.05) is 5.32 Å². The number of nitrogens with zero attached hydrogens (tertiary/aromatic N) is 3. The van der Waals surface area contributed by atoms with Crippen molar-refractivity contribution < 1.29 is 4.79 Å². The van der Waals surface area contributed by atoms with Gasteiger partial charge in [-0.15, -0.1) is 11.3 Å². The van der Waals surface area contributed by atoms with E-state index in [0.717, 1.165) is 34.2 Å². The summed E-state index contributed by atoms with van der Waals surface area (Å²) < 4.78 is 1.88. The Hall–Kier alpha value is -2.96. The molecule has 1 amide bonds. The van der Waals surface area contributed by atoms with Gasteiger partial charge in [0.15, 0.2) is 0 Å². The molecular weight excluding hydrogens is 428 g/mol. The average molecular weight is 451 g/mol. The number of anilines is 1. The summed E-state index contributed by atoms with van der Waals surface area (Å²) in [7, 11) is 0. The van der Waals surface area contributed by atoms with Crippen molar-refractivity contribution in [3.8, 4) is 5.13 Å². The smallest absolute Gasteiger partial charge is 0.230 e. The van der Waals surface area contributed by atoms with Gasteiger partial charge in [-0.1, -0.05) is 48.0 Å². The maximum atomic E-state index is 12.5. The molecule has 0 atom stereocenters. The van der Waals surface area contributed by atoms with Gasteiger partial charge in [-0.25, -0.2) is 9.67 Å². The van der Waals surface area contributed by atoms with Gasteiger partial charge in [-0.05, 0) is 44.0 Å². The zero-order valence-electron chi connectivity index (χ0n) is 17.6. The van der Waals surface area contributed by atoms with E-state index in [1.807, 2.05) is 48.2 Å². The third kappa shape index (κ3) is 4.86. The Morgan fingerprint density at radius 2 is 1.90 bits per heavy atom. The van der Waals surface area contributed by atoms with Crippen molar-refractivity contribution in [3.05, 3.63) is 92.7 Å². The number of carbonyl (C=O) groups is 1. The molecule has 7 heteroatoms. The van der Waals surface area contributed by atoms with Crippen LogP contribution >= 0.6 is 22.9 Å². The number of carbonyl (C=O) groups excluding carboxylic acids is 1. The fourth-order valence-corrected chi connectivity index (χ4v) is 4.48. The minimum Gasteiger partial charge on any atom is -0.325 e. The molecule has 5 nitrogen and oxygen atoms in total. The number of hydrogen-bond donors (Lipinski definition) is 1. The van der Waals surface area contributed by atoms with Crippen LogP contribution in [-0.4, -0.2) is 20.7 Å². The summed E-state index contributed by atoms with van der Waals surface area (Å²) in [6.07, 6.45) is 1.02. The highest BCUT2D eigenvalue weighted by Gasteiger charge is 2.16. The Labute approximate surface area is 190 Å². The van der Waals surface area contributed by atoms with Gasteiger partial charge in [-0.3, -0.25) is 4.79 Å². The monoisotopic (exact) mass is 450 g/mol. The van der Waals surface area contributed by atoms with Gasteiger partial charge in [-0.2, -0.15) is 5.10 Å². The number of benzene rings is 2. The lowest BCUT2D eigenvalue weighted by Gasteiger charge is -2.08. The van der Waals surface area contributed by atoms with Gasteiger partial charge in [0.05, 0.1) is 17.8 Å². The fraction of sp³-hybridized carbons (Fsp3) is 0.208. The lowest BCUT2D eigenvalue weighted by molar-refractivity contribution is -0.115. The van der Waals surface area contributed by atoms with Crippen LogP contribution in [0.3, 0.4) is 0 Å². The zero-order chi connectivity index (χ0) is 22.0. The Balaban J connectivity index is 1.49. The Morgan fingerprint density at radius 3 is 2.68 bits per heavy atom. The van der Waals surface area contributed by atoms with Crippen molar-refractivity contribution in [2.24, 2.45) is 0 Å². The molecule has 0 saturated carbocycles. The number of halogens is 1. The SMILES string of the molecule is Cc1ccc(Cl)cc1NC(=O)Cc1csc(-n2nc(C)c(Cc3ccccc3)c2C)n1. The molecular formula is C24H23ClN4OS. The lowest BCUT2D eigenvalue weighted by atomic mass is 10.0. The van der Waals surface area contributed by atoms with E-state index in [2.05, 4.69) is 29.4 Å². The van der Waals surface area contributed by atoms with Crippen LogP contribution in [0.4, 0.5) is 5.69 Å². The molecule has 0 fully saturated rings. The number of amides is 1. The molecule has 0 unspecified atom stereocenters. The van der Waals surface area contributed by atoms with E-state index in [1.165, 1.54) is 22.5 Å². The van der Waals surface area contributed by atoms with Crippen LogP contribution in [0.5, 0.6) is 0 Å². The zero-order valence-corrected chi connectivity index (χ0v) is 19.2. The molecule has 0 aliphatic carbocycles. The van der Waals surface area contributed by atoms with Gasteiger partial charge < -0.3 is 5.32 Å². The number of nitrogens with one attached hydrogen (secondary N) is 1. The predicted octanol–water partition coefficient (Wildman–Crippen LogP) is 5.68. The Morgan fingerprint density at radius 1 is 1.13 bits per heavy atom. The second-order valence-electron chi connectivity index (χ2n) is 7.53. The maximum Gasteiger partial charge on any atom is 0.230 e. The van der Waals surface area contributed by atoms with Crippen LogP contribution in [0.15, 0.2) is 53.9 Å². The fourth-order valence-electron chi connectivity index (χ4n) is 3.48. The first-order valence-corrected chi connectivity index (χ1v) is 11.3. The van der Waals surface area contributed by atoms with Crippen LogP contribution in [-0.2, 0) is 17.6 Å². The number of aryl methyl sites for hydroxylation is 2. The third-order valence-corrected chi connectivity index (χ3v) is 6.30. The summed E-state index contributed by atoms with van der Waals surface area (Å²) in [6.45, 7) is 6.02. The molecule has 0 aliphatic rings. The predicted molar refractivity (Wildman–Crippen MR) is 126 cm³/mol. The van der Waals surface area contributed by atoms with Crippen LogP contribution in [0, 0.1) is 20.8 Å². The van der Waals surface area contributed by atoms with Gasteiger partial charge >= 0.3 is 0 Å². The van der Waals surface area contributed by atoms with Crippen molar-refractivity contribution in [1.29, 1.82) is 0 Å². The van der Waals surface area contributed by atoms with Crippen molar-refractivity contribution >= 4 is 34.5 Å². The van der Waals surface area contributed by atoms with E-state index >= 15 is 0 Å². The molecule has 2 aromatic heterocycles. The van der Waals surface area contributed by atoms with E-state index in [9.17, 15) is 4.79 Å². The van der Waals surface area contributed by atoms with E-state index in [1.54, 1.807) is 12.1 Å². The van der Waals surface area contributed by atoms with E-state index in [0.29, 0.717) is 10.7 Å². The molecule has 0 aliphatic heterocycles. The average Bonchev–Trinajstić information content (AvgIpc) is 3.31. The summed E-state index contributed by atoms with van der Waals surface area (Å²) >= 11 is 7.53. The highest BCUT2D eigenvalue weighted by atomic mass is 35.5. The van der Waals surface area contributed by atoms with E-state index in [-0.39, 0.29) is 12.3 Å². The molecule has 4 aromatic rings. The molecule has 158 valence electrons. The van der Waals surface area contributed by atoms with Crippen LogP contribution in [0.1, 0.15) is 33.8 Å². The summed E-state index contributed by atoms with van der Waals surface area (Å²) in [4.78, 5) is 17.2. The molecule has 0 saturated heterocycles. The third-order valence-electron chi connectivity index (χ3n) is 5.20. The van der Waals surface area contributed by atoms with Crippen molar-refractivity contribution in [2.45, 2.75) is 33.6 Å². The van der Waals surface area contributed by atoms with Crippen molar-refractivity contribution in [1.82, 2.24) is 14.8 Å². The lowest BCUT2D eigenvalue weighted by Crippen LogP contribution is -2.15. The summed E-state index contributed by atoms with van der Waals surface area (Å²) in [6, 6.07) is 15.8. The molecule has 1 N–H and O–H groups in total. The molecule has 31 heavy (non-hydrogen) atoms. The molecule has 0 radical (unpaired) electrons. The van der Waals surface area contributed by atoms with Crippen molar-refractivity contribution in [3.63, 3.8) is 0 Å². The molecule has 0 bridgehead atoms. The quantitative estimate of drug-likeness (QED) is 0.411. The number of hydrogen-bond acceptors (Lipinski definition) is 4. The topological polar surface area (TPSA) is 59.8 Å². The second kappa shape index (κ2) is 9.04. The minimum atomic E-state index is -0.125. The Bertz CT molecular complexity index is 1230. The van der Waals surface area contributed by atoms with Crippen LogP contribution < -0.4 is 5.32 Å². The first kappa shape index (κ1) is 21.3. The van der Waals surface area contributed by atoms with Gasteiger partial charge in [0.1, 0.15) is 0 Å². The normalized spacial score (nSPS) is 11.0. The minimum absolute atomic E-state index is 0.125. The standard InChI is InChI=1S/C24H23ClN4OS/c1-15-9-10-19(25)12-22(15)27-23(30)13-20-14-31-24(26-20)29-17(3)21(16(2)28-29)11-18-7-5-4-6-8-18/h4-10,12,14H,11,13H2,1-3H3,(H,27,30). The largest absolute Gasteiger partial charge is 0.325 e. The van der Waals surface area contributed by atoms with Gasteiger partial charge in [0.2, 0.25) is 11.0 Å².